The monoisotopic (exact) mass is 757 g/mol. The molecule has 0 atom stereocenters. The van der Waals surface area contributed by atoms with Gasteiger partial charge in [-0.15, -0.1) is 11.7 Å². The van der Waals surface area contributed by atoms with Crippen LogP contribution >= 0.6 is 0 Å². The van der Waals surface area contributed by atoms with E-state index in [4.69, 9.17) is 0 Å². The van der Waals surface area contributed by atoms with Crippen molar-refractivity contribution >= 4 is 30.0 Å². The normalized spacial score (nSPS) is 12.2. The summed E-state index contributed by atoms with van der Waals surface area (Å²) in [7, 11) is 0. The number of hydrogen-bond donors (Lipinski definition) is 0. The van der Waals surface area contributed by atoms with Crippen LogP contribution in [0.1, 0.15) is 72.8 Å². The standard InChI is InChI=1S/C34H28B2F15N/c1-7-9-10-12-35(52(13(3)4)14(5)6)15(11-8-2)17(16-20(37)26(43)32(49)27(44)21(16)38)36(18-22(39)28(45)33(50)29(46)23(18)40)19-24(41)30(47)34(51)31(48)25(19)42/h13-14H,7-9,11H2,1-6H3/b17-15-. The molecule has 0 aliphatic heterocycles. The van der Waals surface area contributed by atoms with Crippen molar-refractivity contribution in [1.82, 2.24) is 4.81 Å². The largest absolute Gasteiger partial charge is 0.341 e. The van der Waals surface area contributed by atoms with Crippen LogP contribution in [0.25, 0.3) is 5.47 Å². The molecule has 0 heterocycles. The van der Waals surface area contributed by atoms with Gasteiger partial charge in [-0.2, -0.15) is 0 Å². The van der Waals surface area contributed by atoms with Crippen LogP contribution in [0.3, 0.4) is 0 Å². The highest BCUT2D eigenvalue weighted by Gasteiger charge is 2.47. The molecule has 0 saturated carbocycles. The van der Waals surface area contributed by atoms with Crippen molar-refractivity contribution in [3.63, 3.8) is 0 Å². The third-order valence-electron chi connectivity index (χ3n) is 8.13. The van der Waals surface area contributed by atoms with E-state index in [1.54, 1.807) is 6.92 Å². The molecule has 0 spiro atoms. The molecule has 0 aromatic heterocycles. The first-order chi connectivity index (χ1) is 24.2. The zero-order valence-electron chi connectivity index (χ0n) is 28.3. The molecule has 0 aliphatic carbocycles. The minimum atomic E-state index is -3.68. The van der Waals surface area contributed by atoms with E-state index >= 15 is 35.1 Å². The van der Waals surface area contributed by atoms with E-state index in [0.29, 0.717) is 6.42 Å². The molecule has 0 N–H and O–H groups in total. The smallest absolute Gasteiger partial charge is 0.323 e. The number of rotatable bonds is 11. The highest BCUT2D eigenvalue weighted by Crippen LogP contribution is 2.37. The van der Waals surface area contributed by atoms with E-state index in [1.807, 2.05) is 0 Å². The molecule has 0 fully saturated rings. The Kier molecular flexibility index (Phi) is 13.7. The maximum atomic E-state index is 16.0. The number of halogens is 15. The summed E-state index contributed by atoms with van der Waals surface area (Å²) in [4.78, 5) is 1.41. The van der Waals surface area contributed by atoms with Crippen molar-refractivity contribution in [2.24, 2.45) is 0 Å². The molecule has 18 heteroatoms. The van der Waals surface area contributed by atoms with E-state index < -0.39 is 147 Å². The van der Waals surface area contributed by atoms with Crippen LogP contribution in [0.4, 0.5) is 65.9 Å². The Bertz CT molecular complexity index is 1800. The number of nitrogens with zero attached hydrogens (tertiary/aromatic N) is 1. The first kappa shape index (κ1) is 42.4. The topological polar surface area (TPSA) is 3.24 Å². The summed E-state index contributed by atoms with van der Waals surface area (Å²) in [6.45, 7) is 3.76. The SMILES string of the molecule is CCCC#CB(/C(CCC)=C(\B(c1c(F)c(F)c(F)c(F)c1F)c1c(F)c(F)c(F)c(F)c1F)c1c(F)c(F)c(F)c(F)c1F)N(C(C)C)C(C)C. The van der Waals surface area contributed by atoms with Gasteiger partial charge in [-0.25, -0.2) is 65.9 Å². The Morgan fingerprint density at radius 2 is 0.827 bits per heavy atom. The van der Waals surface area contributed by atoms with Crippen LogP contribution < -0.4 is 10.9 Å². The zero-order chi connectivity index (χ0) is 39.7. The molecule has 0 saturated heterocycles. The van der Waals surface area contributed by atoms with Crippen molar-refractivity contribution in [3.8, 4) is 11.7 Å². The molecule has 0 aliphatic rings. The Hall–Kier alpha value is -4.00. The second kappa shape index (κ2) is 16.8. The Labute approximate surface area is 290 Å². The van der Waals surface area contributed by atoms with E-state index in [-0.39, 0.29) is 12.8 Å². The first-order valence-electron chi connectivity index (χ1n) is 15.7. The summed E-state index contributed by atoms with van der Waals surface area (Å²) in [6, 6.07) is -1.38. The quantitative estimate of drug-likeness (QED) is 0.0621. The lowest BCUT2D eigenvalue weighted by atomic mass is 9.31. The second-order valence-electron chi connectivity index (χ2n) is 12.1. The fourth-order valence-corrected chi connectivity index (χ4v) is 6.03. The fourth-order valence-electron chi connectivity index (χ4n) is 6.03. The molecule has 52 heavy (non-hydrogen) atoms. The third kappa shape index (κ3) is 7.43. The molecule has 0 amide bonds. The van der Waals surface area contributed by atoms with Crippen LogP contribution in [0, 0.1) is 99.0 Å². The molecule has 3 aromatic carbocycles. The summed E-state index contributed by atoms with van der Waals surface area (Å²) in [5.41, 5.74) is -9.62. The molecular weight excluding hydrogens is 729 g/mol. The van der Waals surface area contributed by atoms with Gasteiger partial charge in [0.05, 0.1) is 0 Å². The summed E-state index contributed by atoms with van der Waals surface area (Å²) in [6.07, 6.45) is -0.461. The van der Waals surface area contributed by atoms with Gasteiger partial charge < -0.3 is 4.81 Å². The second-order valence-corrected chi connectivity index (χ2v) is 12.1. The van der Waals surface area contributed by atoms with Gasteiger partial charge in [0.25, 0.3) is 6.71 Å². The fraction of sp³-hybridized carbons (Fsp3) is 0.353. The highest BCUT2D eigenvalue weighted by molar-refractivity contribution is 7.01. The lowest BCUT2D eigenvalue weighted by Gasteiger charge is -2.37. The molecular formula is C34H28B2F15N. The van der Waals surface area contributed by atoms with Crippen LogP contribution in [0.2, 0.25) is 0 Å². The molecule has 0 bridgehead atoms. The van der Waals surface area contributed by atoms with Gasteiger partial charge in [0, 0.05) is 22.9 Å². The maximum absolute atomic E-state index is 16.0. The Balaban J connectivity index is 3.00. The summed E-state index contributed by atoms with van der Waals surface area (Å²) < 4.78 is 228. The summed E-state index contributed by atoms with van der Waals surface area (Å²) >= 11 is 0. The van der Waals surface area contributed by atoms with Crippen molar-refractivity contribution in [2.45, 2.75) is 79.3 Å². The summed E-state index contributed by atoms with van der Waals surface area (Å²) in [5, 5.41) is 0. The van der Waals surface area contributed by atoms with Gasteiger partial charge >= 0.3 is 6.85 Å². The average molecular weight is 757 g/mol. The van der Waals surface area contributed by atoms with Crippen LogP contribution in [-0.2, 0) is 0 Å². The molecule has 0 unspecified atom stereocenters. The van der Waals surface area contributed by atoms with Gasteiger partial charge in [0.2, 0.25) is 5.82 Å². The van der Waals surface area contributed by atoms with Crippen LogP contribution in [-0.4, -0.2) is 30.5 Å². The van der Waals surface area contributed by atoms with Gasteiger partial charge in [-0.3, -0.25) is 0 Å². The van der Waals surface area contributed by atoms with E-state index in [1.165, 1.54) is 39.4 Å². The highest BCUT2D eigenvalue weighted by atomic mass is 19.2. The van der Waals surface area contributed by atoms with E-state index in [0.717, 1.165) is 0 Å². The van der Waals surface area contributed by atoms with E-state index in [2.05, 4.69) is 11.7 Å². The lowest BCUT2D eigenvalue weighted by Crippen LogP contribution is -2.55. The van der Waals surface area contributed by atoms with Gasteiger partial charge in [0.15, 0.2) is 81.4 Å². The molecule has 280 valence electrons. The minimum absolute atomic E-state index is 0.0799. The zero-order valence-corrected chi connectivity index (χ0v) is 28.3. The number of allylic oxidation sites excluding steroid dienone is 1. The van der Waals surface area contributed by atoms with Crippen LogP contribution in [0.5, 0.6) is 0 Å². The minimum Gasteiger partial charge on any atom is -0.323 e. The predicted octanol–water partition coefficient (Wildman–Crippen LogP) is 9.17. The average Bonchev–Trinajstić information content (AvgIpc) is 3.09. The molecule has 3 aromatic rings. The van der Waals surface area contributed by atoms with Crippen molar-refractivity contribution in [1.29, 1.82) is 0 Å². The van der Waals surface area contributed by atoms with Gasteiger partial charge in [-0.1, -0.05) is 58.9 Å². The van der Waals surface area contributed by atoms with Crippen molar-refractivity contribution in [3.05, 3.63) is 98.3 Å². The van der Waals surface area contributed by atoms with Crippen LogP contribution in [0.15, 0.2) is 5.47 Å². The molecule has 1 nitrogen and oxygen atoms in total. The lowest BCUT2D eigenvalue weighted by molar-refractivity contribution is 0.308. The molecule has 0 radical (unpaired) electrons. The predicted molar refractivity (Wildman–Crippen MR) is 166 cm³/mol. The Morgan fingerprint density at radius 3 is 1.13 bits per heavy atom. The number of unbranched alkanes of at least 4 members (excludes halogenated alkanes) is 1. The number of hydrogen-bond acceptors (Lipinski definition) is 1. The van der Waals surface area contributed by atoms with Gasteiger partial charge in [-0.05, 0) is 24.9 Å². The third-order valence-corrected chi connectivity index (χ3v) is 8.13. The number of benzene rings is 3. The van der Waals surface area contributed by atoms with Crippen molar-refractivity contribution in [2.75, 3.05) is 0 Å². The first-order valence-corrected chi connectivity index (χ1v) is 15.7. The van der Waals surface area contributed by atoms with Crippen molar-refractivity contribution < 1.29 is 65.9 Å². The maximum Gasteiger partial charge on any atom is 0.341 e. The van der Waals surface area contributed by atoms with Gasteiger partial charge in [0.1, 0.15) is 0 Å². The molecule has 3 rings (SSSR count). The van der Waals surface area contributed by atoms with E-state index in [9.17, 15) is 30.7 Å². The Morgan fingerprint density at radius 1 is 0.500 bits per heavy atom. The summed E-state index contributed by atoms with van der Waals surface area (Å²) in [5.74, 6) is -37.6.